The molecule has 2 aromatic rings. The van der Waals surface area contributed by atoms with E-state index in [4.69, 9.17) is 28.2 Å². The summed E-state index contributed by atoms with van der Waals surface area (Å²) in [4.78, 5) is 31.1. The van der Waals surface area contributed by atoms with Crippen LogP contribution in [-0.4, -0.2) is 79.4 Å². The zero-order chi connectivity index (χ0) is 29.9. The van der Waals surface area contributed by atoms with E-state index < -0.39 is 26.2 Å². The van der Waals surface area contributed by atoms with Gasteiger partial charge in [0.15, 0.2) is 19.8 Å². The number of methoxy groups -OCH3 is 2. The molecule has 2 rings (SSSR count). The Kier molecular flexibility index (Phi) is 12.4. The average molecular weight is 577 g/mol. The van der Waals surface area contributed by atoms with Gasteiger partial charge in [0.1, 0.15) is 18.4 Å². The minimum atomic E-state index is -2.17. The SMILES string of the molecule is COc1ccc(COCCOc2ccc(C(=O)NC(CO[Si](C)(C)C(C)(C)C)C(=O)N(C)OC)cc2OC)cc1. The van der Waals surface area contributed by atoms with Crippen molar-refractivity contribution in [1.29, 1.82) is 0 Å². The molecule has 0 aromatic heterocycles. The second-order valence-corrected chi connectivity index (χ2v) is 15.5. The minimum Gasteiger partial charge on any atom is -0.497 e. The van der Waals surface area contributed by atoms with Gasteiger partial charge in [-0.15, -0.1) is 0 Å². The van der Waals surface area contributed by atoms with E-state index in [9.17, 15) is 9.59 Å². The van der Waals surface area contributed by atoms with Crippen molar-refractivity contribution in [3.05, 3.63) is 53.6 Å². The molecule has 0 bridgehead atoms. The Morgan fingerprint density at radius 3 is 2.20 bits per heavy atom. The maximum atomic E-state index is 13.2. The largest absolute Gasteiger partial charge is 0.497 e. The number of rotatable bonds is 15. The normalized spacial score (nSPS) is 12.4. The van der Waals surface area contributed by atoms with Crippen LogP contribution in [0, 0.1) is 0 Å². The zero-order valence-corrected chi connectivity index (χ0v) is 26.2. The van der Waals surface area contributed by atoms with Crippen LogP contribution in [0.5, 0.6) is 17.2 Å². The lowest BCUT2D eigenvalue weighted by Crippen LogP contribution is -2.52. The summed E-state index contributed by atoms with van der Waals surface area (Å²) in [6.07, 6.45) is 0. The number of nitrogens with one attached hydrogen (secondary N) is 1. The van der Waals surface area contributed by atoms with Gasteiger partial charge >= 0.3 is 0 Å². The van der Waals surface area contributed by atoms with Crippen molar-refractivity contribution in [3.63, 3.8) is 0 Å². The first-order chi connectivity index (χ1) is 18.8. The van der Waals surface area contributed by atoms with Gasteiger partial charge in [0.05, 0.1) is 41.2 Å². The fourth-order valence-electron chi connectivity index (χ4n) is 3.28. The number of amides is 2. The van der Waals surface area contributed by atoms with Crippen molar-refractivity contribution in [2.45, 2.75) is 51.6 Å². The number of ether oxygens (including phenoxy) is 4. The van der Waals surface area contributed by atoms with Crippen LogP contribution in [0.25, 0.3) is 0 Å². The summed E-state index contributed by atoms with van der Waals surface area (Å²) in [6, 6.07) is 11.5. The van der Waals surface area contributed by atoms with Crippen LogP contribution >= 0.6 is 0 Å². The molecular formula is C29H44N2O8Si. The molecule has 0 saturated carbocycles. The average Bonchev–Trinajstić information content (AvgIpc) is 2.93. The maximum absolute atomic E-state index is 13.2. The standard InChI is InChI=1S/C29H44N2O8Si/c1-29(2,3)40(8,9)39-20-24(28(33)31(4)36-7)30-27(32)22-12-15-25(26(18-22)35-6)38-17-16-37-19-21-10-13-23(34-5)14-11-21/h10-15,18,24H,16-17,19-20H2,1-9H3,(H,30,32). The van der Waals surface area contributed by atoms with E-state index in [1.165, 1.54) is 21.3 Å². The van der Waals surface area contributed by atoms with Gasteiger partial charge in [0.2, 0.25) is 0 Å². The van der Waals surface area contributed by atoms with E-state index in [-0.39, 0.29) is 11.6 Å². The minimum absolute atomic E-state index is 0.0314. The van der Waals surface area contributed by atoms with Crippen molar-refractivity contribution >= 4 is 20.1 Å². The summed E-state index contributed by atoms with van der Waals surface area (Å²) in [5.74, 6) is 0.781. The van der Waals surface area contributed by atoms with Crippen LogP contribution in [0.1, 0.15) is 36.7 Å². The number of benzene rings is 2. The number of carbonyl (C=O) groups is 2. The molecule has 1 atom stereocenters. The Morgan fingerprint density at radius 1 is 0.950 bits per heavy atom. The third kappa shape index (κ3) is 9.51. The molecule has 222 valence electrons. The molecule has 1 unspecified atom stereocenters. The van der Waals surface area contributed by atoms with Gasteiger partial charge in [-0.25, -0.2) is 5.06 Å². The summed E-state index contributed by atoms with van der Waals surface area (Å²) < 4.78 is 28.3. The topological polar surface area (TPSA) is 105 Å². The number of likely N-dealkylation sites (N-methyl/N-ethyl adjacent to an activating group) is 1. The first kappa shape index (κ1) is 33.1. The van der Waals surface area contributed by atoms with Crippen LogP contribution < -0.4 is 19.5 Å². The second-order valence-electron chi connectivity index (χ2n) is 10.7. The number of hydrogen-bond acceptors (Lipinski definition) is 8. The number of hydroxylamine groups is 2. The molecule has 2 amide bonds. The highest BCUT2D eigenvalue weighted by Gasteiger charge is 2.39. The zero-order valence-electron chi connectivity index (χ0n) is 25.2. The molecule has 40 heavy (non-hydrogen) atoms. The van der Waals surface area contributed by atoms with Crippen molar-refractivity contribution in [2.75, 3.05) is 48.2 Å². The summed E-state index contributed by atoms with van der Waals surface area (Å²) in [6.45, 7) is 11.6. The third-order valence-electron chi connectivity index (χ3n) is 6.94. The van der Waals surface area contributed by atoms with E-state index in [1.807, 2.05) is 24.3 Å². The molecule has 0 aliphatic rings. The maximum Gasteiger partial charge on any atom is 0.270 e. The molecule has 0 aliphatic carbocycles. The fraction of sp³-hybridized carbons (Fsp3) is 0.517. The molecule has 1 N–H and O–H groups in total. The third-order valence-corrected chi connectivity index (χ3v) is 11.4. The monoisotopic (exact) mass is 576 g/mol. The molecule has 2 aromatic carbocycles. The lowest BCUT2D eigenvalue weighted by atomic mass is 10.1. The molecule has 0 saturated heterocycles. The van der Waals surface area contributed by atoms with Gasteiger partial charge in [-0.05, 0) is 54.0 Å². The van der Waals surface area contributed by atoms with E-state index in [1.54, 1.807) is 25.3 Å². The predicted octanol–water partition coefficient (Wildman–Crippen LogP) is 4.44. The quantitative estimate of drug-likeness (QED) is 0.189. The molecule has 0 spiro atoms. The van der Waals surface area contributed by atoms with E-state index >= 15 is 0 Å². The van der Waals surface area contributed by atoms with E-state index in [2.05, 4.69) is 39.2 Å². The van der Waals surface area contributed by atoms with Gasteiger partial charge in [0, 0.05) is 12.6 Å². The molecule has 0 heterocycles. The van der Waals surface area contributed by atoms with Crippen molar-refractivity contribution < 1.29 is 37.8 Å². The smallest absolute Gasteiger partial charge is 0.270 e. The van der Waals surface area contributed by atoms with Gasteiger partial charge in [-0.3, -0.25) is 14.4 Å². The number of nitrogens with zero attached hydrogens (tertiary/aromatic N) is 1. The predicted molar refractivity (Wildman–Crippen MR) is 155 cm³/mol. The molecular weight excluding hydrogens is 532 g/mol. The summed E-state index contributed by atoms with van der Waals surface area (Å²) in [5.41, 5.74) is 1.34. The highest BCUT2D eigenvalue weighted by molar-refractivity contribution is 6.74. The highest BCUT2D eigenvalue weighted by Crippen LogP contribution is 2.36. The fourth-order valence-corrected chi connectivity index (χ4v) is 4.30. The lowest BCUT2D eigenvalue weighted by Gasteiger charge is -2.37. The first-order valence-corrected chi connectivity index (χ1v) is 16.0. The van der Waals surface area contributed by atoms with Crippen molar-refractivity contribution in [3.8, 4) is 17.2 Å². The van der Waals surface area contributed by atoms with Gasteiger partial charge < -0.3 is 28.7 Å². The van der Waals surface area contributed by atoms with Crippen LogP contribution in [0.2, 0.25) is 18.1 Å². The van der Waals surface area contributed by atoms with Crippen LogP contribution in [0.15, 0.2) is 42.5 Å². The van der Waals surface area contributed by atoms with E-state index in [0.717, 1.165) is 16.4 Å². The van der Waals surface area contributed by atoms with Crippen molar-refractivity contribution in [1.82, 2.24) is 10.4 Å². The molecule has 0 fully saturated rings. The summed E-state index contributed by atoms with van der Waals surface area (Å²) in [7, 11) is 3.83. The van der Waals surface area contributed by atoms with Gasteiger partial charge in [-0.1, -0.05) is 32.9 Å². The van der Waals surface area contributed by atoms with Crippen LogP contribution in [0.3, 0.4) is 0 Å². The Bertz CT molecular complexity index is 1100. The van der Waals surface area contributed by atoms with Gasteiger partial charge in [-0.2, -0.15) is 0 Å². The first-order valence-electron chi connectivity index (χ1n) is 13.1. The Labute approximate surface area is 238 Å². The highest BCUT2D eigenvalue weighted by atomic mass is 28.4. The van der Waals surface area contributed by atoms with Gasteiger partial charge in [0.25, 0.3) is 11.8 Å². The Balaban J connectivity index is 2.00. The Morgan fingerprint density at radius 2 is 1.62 bits per heavy atom. The lowest BCUT2D eigenvalue weighted by molar-refractivity contribution is -0.171. The molecule has 11 heteroatoms. The summed E-state index contributed by atoms with van der Waals surface area (Å²) in [5, 5.41) is 3.81. The molecule has 0 aliphatic heterocycles. The van der Waals surface area contributed by atoms with E-state index in [0.29, 0.717) is 36.9 Å². The number of hydrogen-bond donors (Lipinski definition) is 1. The van der Waals surface area contributed by atoms with Crippen LogP contribution in [0.4, 0.5) is 0 Å². The molecule has 0 radical (unpaired) electrons. The van der Waals surface area contributed by atoms with Crippen LogP contribution in [-0.2, 0) is 25.4 Å². The Hall–Kier alpha value is -3.12. The molecule has 10 nitrogen and oxygen atoms in total. The van der Waals surface area contributed by atoms with Crippen molar-refractivity contribution in [2.24, 2.45) is 0 Å². The summed E-state index contributed by atoms with van der Waals surface area (Å²) >= 11 is 0. The second kappa shape index (κ2) is 15.0. The number of carbonyl (C=O) groups excluding carboxylic acids is 2.